The van der Waals surface area contributed by atoms with Crippen molar-refractivity contribution in [2.24, 2.45) is 0 Å². The number of nitrogens with zero attached hydrogens (tertiary/aromatic N) is 4. The molecule has 8 nitrogen and oxygen atoms in total. The summed E-state index contributed by atoms with van der Waals surface area (Å²) in [6.45, 7) is 4.80. The van der Waals surface area contributed by atoms with Gasteiger partial charge in [0.05, 0.1) is 42.1 Å². The topological polar surface area (TPSA) is 81.2 Å². The van der Waals surface area contributed by atoms with Gasteiger partial charge in [-0.2, -0.15) is 0 Å². The van der Waals surface area contributed by atoms with E-state index in [1.165, 1.54) is 46.2 Å². The minimum atomic E-state index is -0.262. The Kier molecular flexibility index (Phi) is 6.42. The first-order valence-corrected chi connectivity index (χ1v) is 17.6. The molecular formula is C30H18N4O4S6. The van der Waals surface area contributed by atoms with E-state index in [2.05, 4.69) is 0 Å². The molecule has 6 aliphatic heterocycles. The monoisotopic (exact) mass is 690 g/mol. The van der Waals surface area contributed by atoms with Crippen molar-refractivity contribution in [1.82, 2.24) is 19.6 Å². The molecule has 6 aliphatic rings. The molecule has 0 radical (unpaired) electrons. The third-order valence-corrected chi connectivity index (χ3v) is 12.8. The molecule has 0 aliphatic carbocycles. The maximum Gasteiger partial charge on any atom is 0.266 e. The molecule has 8 rings (SSSR count). The molecule has 218 valence electrons. The molecule has 0 atom stereocenters. The Morgan fingerprint density at radius 2 is 1.07 bits per heavy atom. The van der Waals surface area contributed by atoms with Crippen molar-refractivity contribution in [3.63, 3.8) is 0 Å². The maximum absolute atomic E-state index is 13.9. The number of hydrogen-bond donors (Lipinski definition) is 0. The SMILES string of the molecule is CCN1C(=O)/C(=C/c2cc3c(s2)C2=C4C(=O)N5C=Cc6cc(/C=C7\SC(=S)N(CC)C7=O)sc6C5=C4C(=O)N2C=C3)SC1=S. The minimum absolute atomic E-state index is 0.117. The van der Waals surface area contributed by atoms with E-state index in [1.54, 1.807) is 32.0 Å². The first-order chi connectivity index (χ1) is 21.2. The third-order valence-electron chi connectivity index (χ3n) is 7.79. The summed E-state index contributed by atoms with van der Waals surface area (Å²) >= 11 is 16.1. The second kappa shape index (κ2) is 10.1. The molecule has 2 saturated heterocycles. The van der Waals surface area contributed by atoms with E-state index in [0.717, 1.165) is 30.6 Å². The zero-order chi connectivity index (χ0) is 30.6. The van der Waals surface area contributed by atoms with Crippen molar-refractivity contribution in [3.8, 4) is 0 Å². The van der Waals surface area contributed by atoms with Gasteiger partial charge < -0.3 is 0 Å². The van der Waals surface area contributed by atoms with E-state index in [4.69, 9.17) is 24.4 Å². The Morgan fingerprint density at radius 3 is 1.43 bits per heavy atom. The number of amides is 4. The summed E-state index contributed by atoms with van der Waals surface area (Å²) in [4.78, 5) is 64.1. The summed E-state index contributed by atoms with van der Waals surface area (Å²) in [5.41, 5.74) is 3.63. The van der Waals surface area contributed by atoms with Crippen molar-refractivity contribution in [3.05, 3.63) is 76.1 Å². The van der Waals surface area contributed by atoms with Crippen LogP contribution in [0.4, 0.5) is 0 Å². The molecule has 0 N–H and O–H groups in total. The van der Waals surface area contributed by atoms with E-state index < -0.39 is 0 Å². The molecule has 44 heavy (non-hydrogen) atoms. The van der Waals surface area contributed by atoms with Gasteiger partial charge in [-0.1, -0.05) is 48.0 Å². The second-order valence-corrected chi connectivity index (χ2v) is 15.7. The highest BCUT2D eigenvalue weighted by Crippen LogP contribution is 2.53. The van der Waals surface area contributed by atoms with Crippen molar-refractivity contribution >= 4 is 139 Å². The van der Waals surface area contributed by atoms with Gasteiger partial charge in [0.2, 0.25) is 0 Å². The first-order valence-electron chi connectivity index (χ1n) is 13.5. The number of thiocarbonyl (C=S) groups is 2. The molecule has 8 heterocycles. The zero-order valence-electron chi connectivity index (χ0n) is 22.9. The molecule has 0 saturated carbocycles. The molecule has 0 unspecified atom stereocenters. The number of rotatable bonds is 4. The molecule has 2 aromatic rings. The lowest BCUT2D eigenvalue weighted by molar-refractivity contribution is -0.122. The highest BCUT2D eigenvalue weighted by Gasteiger charge is 2.50. The molecule has 0 aromatic carbocycles. The number of likely N-dealkylation sites (N-methyl/N-ethyl adjacent to an activating group) is 2. The summed E-state index contributed by atoms with van der Waals surface area (Å²) in [7, 11) is 0. The lowest BCUT2D eigenvalue weighted by atomic mass is 10.0. The highest BCUT2D eigenvalue weighted by molar-refractivity contribution is 8.27. The van der Waals surface area contributed by atoms with Gasteiger partial charge in [0.15, 0.2) is 0 Å². The van der Waals surface area contributed by atoms with Crippen molar-refractivity contribution in [2.45, 2.75) is 13.8 Å². The van der Waals surface area contributed by atoms with Crippen LogP contribution in [0.25, 0.3) is 35.7 Å². The van der Waals surface area contributed by atoms with Crippen LogP contribution in [-0.2, 0) is 19.2 Å². The van der Waals surface area contributed by atoms with Gasteiger partial charge in [-0.05, 0) is 61.4 Å². The van der Waals surface area contributed by atoms with Crippen LogP contribution in [0.5, 0.6) is 0 Å². The van der Waals surface area contributed by atoms with E-state index in [-0.39, 0.29) is 23.6 Å². The first kappa shape index (κ1) is 28.1. The van der Waals surface area contributed by atoms with E-state index >= 15 is 0 Å². The largest absolute Gasteiger partial charge is 0.293 e. The lowest BCUT2D eigenvalue weighted by Gasteiger charge is -2.24. The molecule has 0 spiro atoms. The molecular weight excluding hydrogens is 673 g/mol. The van der Waals surface area contributed by atoms with Crippen molar-refractivity contribution in [2.75, 3.05) is 13.1 Å². The Morgan fingerprint density at radius 1 is 0.659 bits per heavy atom. The molecule has 2 aromatic heterocycles. The minimum Gasteiger partial charge on any atom is -0.293 e. The van der Waals surface area contributed by atoms with Crippen LogP contribution in [0.3, 0.4) is 0 Å². The Bertz CT molecular complexity index is 1890. The standard InChI is InChI=1S/C30H18N4O4S6/c1-3-31-25(35)17(43-29(31)39)11-15-9-13-5-7-33-21(23(13)41-15)19-20(28(33)38)22-24-14(6-8-34(22)27(19)37)10-16(42-24)12-18-26(36)32(4-2)30(40)44-18/h5-12H,3-4H2,1-2H3/b17-11-,18-12-. The van der Waals surface area contributed by atoms with Crippen molar-refractivity contribution < 1.29 is 19.2 Å². The van der Waals surface area contributed by atoms with Crippen LogP contribution in [0.1, 0.15) is 44.5 Å². The quantitative estimate of drug-likeness (QED) is 0.285. The normalized spacial score (nSPS) is 22.1. The molecule has 14 heteroatoms. The summed E-state index contributed by atoms with van der Waals surface area (Å²) in [5, 5.41) is 0. The fraction of sp³-hybridized carbons (Fsp3) is 0.133. The molecule has 4 amide bonds. The summed E-state index contributed by atoms with van der Waals surface area (Å²) in [6, 6.07) is 3.93. The summed E-state index contributed by atoms with van der Waals surface area (Å²) < 4.78 is 1.07. The van der Waals surface area contributed by atoms with Crippen LogP contribution in [-0.4, -0.2) is 65.0 Å². The molecule has 0 bridgehead atoms. The Hall–Kier alpha value is -3.40. The number of thioether (sulfide) groups is 2. The van der Waals surface area contributed by atoms with Crippen LogP contribution in [0.2, 0.25) is 0 Å². The fourth-order valence-electron chi connectivity index (χ4n) is 5.79. The second-order valence-electron chi connectivity index (χ2n) is 10.1. The van der Waals surface area contributed by atoms with Crippen molar-refractivity contribution in [1.29, 1.82) is 0 Å². The predicted molar refractivity (Wildman–Crippen MR) is 185 cm³/mol. The third kappa shape index (κ3) is 3.88. The molecule has 2 fully saturated rings. The predicted octanol–water partition coefficient (Wildman–Crippen LogP) is 6.03. The van der Waals surface area contributed by atoms with Gasteiger partial charge in [0, 0.05) is 35.2 Å². The van der Waals surface area contributed by atoms with Gasteiger partial charge in [0.25, 0.3) is 23.6 Å². The van der Waals surface area contributed by atoms with Gasteiger partial charge in [0.1, 0.15) is 8.64 Å². The van der Waals surface area contributed by atoms with E-state index in [9.17, 15) is 19.2 Å². The fourth-order valence-corrected chi connectivity index (χ4v) is 11.0. The zero-order valence-corrected chi connectivity index (χ0v) is 27.8. The maximum atomic E-state index is 13.9. The number of hydrogen-bond acceptors (Lipinski definition) is 10. The number of carbonyl (C=O) groups excluding carboxylic acids is 4. The number of carbonyl (C=O) groups is 4. The van der Waals surface area contributed by atoms with Crippen LogP contribution < -0.4 is 0 Å². The highest BCUT2D eigenvalue weighted by atomic mass is 32.2. The summed E-state index contributed by atoms with van der Waals surface area (Å²) in [5.74, 6) is -0.759. The van der Waals surface area contributed by atoms with Crippen LogP contribution >= 0.6 is 70.6 Å². The average molecular weight is 691 g/mol. The average Bonchev–Trinajstić information content (AvgIpc) is 3.81. The summed E-state index contributed by atoms with van der Waals surface area (Å²) in [6.07, 6.45) is 10.8. The lowest BCUT2D eigenvalue weighted by Crippen LogP contribution is -2.27. The number of thiophene rings is 2. The van der Waals surface area contributed by atoms with E-state index in [1.807, 2.05) is 50.3 Å². The van der Waals surface area contributed by atoms with Gasteiger partial charge >= 0.3 is 0 Å². The smallest absolute Gasteiger partial charge is 0.266 e. The Labute approximate surface area is 278 Å². The van der Waals surface area contributed by atoms with Gasteiger partial charge in [-0.3, -0.25) is 38.8 Å². The van der Waals surface area contributed by atoms with Gasteiger partial charge in [-0.25, -0.2) is 0 Å². The Balaban J connectivity index is 1.21. The van der Waals surface area contributed by atoms with Gasteiger partial charge in [-0.15, -0.1) is 22.7 Å². The van der Waals surface area contributed by atoms with Crippen LogP contribution in [0, 0.1) is 0 Å². The van der Waals surface area contributed by atoms with Crippen LogP contribution in [0.15, 0.2) is 45.5 Å². The van der Waals surface area contributed by atoms with E-state index in [0.29, 0.717) is 54.1 Å². The number of fused-ring (bicyclic) bond motifs is 7.